The summed E-state index contributed by atoms with van der Waals surface area (Å²) in [6, 6.07) is 35.7. The maximum Gasteiger partial charge on any atom is 0.251 e. The van der Waals surface area contributed by atoms with Gasteiger partial charge in [0, 0.05) is 22.3 Å². The van der Waals surface area contributed by atoms with Crippen LogP contribution in [0.3, 0.4) is 0 Å². The summed E-state index contributed by atoms with van der Waals surface area (Å²) in [5.74, 6) is -3.86. The van der Waals surface area contributed by atoms with E-state index in [0.29, 0.717) is 22.3 Å². The van der Waals surface area contributed by atoms with E-state index in [4.69, 9.17) is 9.78 Å². The topological polar surface area (TPSA) is 58.9 Å². The predicted octanol–water partition coefficient (Wildman–Crippen LogP) is 4.72. The van der Waals surface area contributed by atoms with Gasteiger partial charge in [-0.1, -0.05) is 121 Å². The van der Waals surface area contributed by atoms with E-state index in [1.165, 1.54) is 0 Å². The highest BCUT2D eigenvalue weighted by atomic mass is 17.2. The lowest BCUT2D eigenvalue weighted by atomic mass is 9.97. The Morgan fingerprint density at radius 2 is 0.567 bits per heavy atom. The zero-order valence-electron chi connectivity index (χ0n) is 16.3. The van der Waals surface area contributed by atoms with Gasteiger partial charge in [-0.05, 0) is 0 Å². The number of benzene rings is 4. The molecule has 0 saturated carbocycles. The van der Waals surface area contributed by atoms with Crippen molar-refractivity contribution in [2.45, 2.75) is 11.6 Å². The normalized spacial score (nSPS) is 11.9. The molecule has 4 nitrogen and oxygen atoms in total. The summed E-state index contributed by atoms with van der Waals surface area (Å²) in [6.45, 7) is 0. The Labute approximate surface area is 175 Å². The molecule has 4 aromatic carbocycles. The quantitative estimate of drug-likeness (QED) is 0.269. The van der Waals surface area contributed by atoms with E-state index in [1.807, 2.05) is 24.3 Å². The SMILES string of the molecule is OC(OOC(O)(c1ccccc1)c1ccccc1)(c1ccccc1)c1ccccc1. The lowest BCUT2D eigenvalue weighted by molar-refractivity contribution is -0.486. The van der Waals surface area contributed by atoms with Crippen molar-refractivity contribution in [2.75, 3.05) is 0 Å². The summed E-state index contributed by atoms with van der Waals surface area (Å²) < 4.78 is 0. The van der Waals surface area contributed by atoms with Crippen LogP contribution in [0.2, 0.25) is 0 Å². The van der Waals surface area contributed by atoms with Gasteiger partial charge in [0.05, 0.1) is 0 Å². The molecule has 0 aliphatic rings. The van der Waals surface area contributed by atoms with Gasteiger partial charge in [0.25, 0.3) is 11.6 Å². The maximum atomic E-state index is 11.6. The summed E-state index contributed by atoms with van der Waals surface area (Å²) in [4.78, 5) is 11.4. The van der Waals surface area contributed by atoms with Gasteiger partial charge in [-0.15, -0.1) is 0 Å². The Kier molecular flexibility index (Phi) is 5.74. The molecule has 2 N–H and O–H groups in total. The van der Waals surface area contributed by atoms with Gasteiger partial charge >= 0.3 is 0 Å². The highest BCUT2D eigenvalue weighted by Crippen LogP contribution is 2.37. The second kappa shape index (κ2) is 8.61. The zero-order valence-corrected chi connectivity index (χ0v) is 16.3. The van der Waals surface area contributed by atoms with Crippen molar-refractivity contribution in [2.24, 2.45) is 0 Å². The van der Waals surface area contributed by atoms with Crippen molar-refractivity contribution in [3.63, 3.8) is 0 Å². The Morgan fingerprint density at radius 1 is 0.367 bits per heavy atom. The molecule has 0 spiro atoms. The summed E-state index contributed by atoms with van der Waals surface area (Å²) in [7, 11) is 0. The first-order chi connectivity index (χ1) is 14.6. The highest BCUT2D eigenvalue weighted by molar-refractivity contribution is 5.34. The van der Waals surface area contributed by atoms with Crippen LogP contribution in [0, 0.1) is 0 Å². The first-order valence-electron chi connectivity index (χ1n) is 9.66. The fourth-order valence-electron chi connectivity index (χ4n) is 3.30. The molecular formula is C26H22O4. The van der Waals surface area contributed by atoms with Gasteiger partial charge in [0.2, 0.25) is 0 Å². The van der Waals surface area contributed by atoms with E-state index in [2.05, 4.69) is 0 Å². The molecule has 0 aromatic heterocycles. The van der Waals surface area contributed by atoms with Crippen molar-refractivity contribution < 1.29 is 20.0 Å². The lowest BCUT2D eigenvalue weighted by Gasteiger charge is -2.34. The van der Waals surface area contributed by atoms with Gasteiger partial charge in [-0.2, -0.15) is 9.78 Å². The smallest absolute Gasteiger partial charge is 0.251 e. The van der Waals surface area contributed by atoms with Gasteiger partial charge < -0.3 is 10.2 Å². The molecule has 0 aliphatic carbocycles. The van der Waals surface area contributed by atoms with Gasteiger partial charge in [-0.3, -0.25) is 0 Å². The molecular weight excluding hydrogens is 376 g/mol. The summed E-state index contributed by atoms with van der Waals surface area (Å²) in [6.07, 6.45) is 0. The Balaban J connectivity index is 1.76. The third-order valence-electron chi connectivity index (χ3n) is 4.94. The lowest BCUT2D eigenvalue weighted by Crippen LogP contribution is -2.38. The van der Waals surface area contributed by atoms with E-state index in [1.54, 1.807) is 97.1 Å². The summed E-state index contributed by atoms with van der Waals surface area (Å²) in [5.41, 5.74) is 1.89. The van der Waals surface area contributed by atoms with Crippen LogP contribution >= 0.6 is 0 Å². The van der Waals surface area contributed by atoms with Crippen LogP contribution in [-0.4, -0.2) is 10.2 Å². The van der Waals surface area contributed by atoms with Gasteiger partial charge in [0.1, 0.15) is 0 Å². The molecule has 4 aromatic rings. The van der Waals surface area contributed by atoms with Crippen LogP contribution in [0.15, 0.2) is 121 Å². The molecule has 0 saturated heterocycles. The van der Waals surface area contributed by atoms with Crippen LogP contribution < -0.4 is 0 Å². The minimum atomic E-state index is -1.93. The highest BCUT2D eigenvalue weighted by Gasteiger charge is 2.41. The van der Waals surface area contributed by atoms with Crippen LogP contribution in [0.5, 0.6) is 0 Å². The average molecular weight is 398 g/mol. The molecule has 150 valence electrons. The van der Waals surface area contributed by atoms with Crippen LogP contribution in [0.25, 0.3) is 0 Å². The molecule has 0 amide bonds. The molecule has 0 aliphatic heterocycles. The van der Waals surface area contributed by atoms with Gasteiger partial charge in [0.15, 0.2) is 0 Å². The Hall–Kier alpha value is -3.28. The molecule has 0 fully saturated rings. The first kappa shape index (κ1) is 20.0. The van der Waals surface area contributed by atoms with E-state index in [9.17, 15) is 10.2 Å². The molecule has 4 heteroatoms. The second-order valence-corrected chi connectivity index (χ2v) is 6.92. The Morgan fingerprint density at radius 3 is 0.767 bits per heavy atom. The van der Waals surface area contributed by atoms with Crippen molar-refractivity contribution >= 4 is 0 Å². The molecule has 0 atom stereocenters. The average Bonchev–Trinajstić information content (AvgIpc) is 2.84. The minimum Gasteiger partial charge on any atom is -0.356 e. The molecule has 4 rings (SSSR count). The van der Waals surface area contributed by atoms with E-state index < -0.39 is 11.6 Å². The largest absolute Gasteiger partial charge is 0.356 e. The predicted molar refractivity (Wildman–Crippen MR) is 114 cm³/mol. The Bertz CT molecular complexity index is 883. The third-order valence-corrected chi connectivity index (χ3v) is 4.94. The minimum absolute atomic E-state index is 0.472. The van der Waals surface area contributed by atoms with Crippen molar-refractivity contribution in [3.8, 4) is 0 Å². The fourth-order valence-corrected chi connectivity index (χ4v) is 3.30. The van der Waals surface area contributed by atoms with Crippen LogP contribution in [0.4, 0.5) is 0 Å². The standard InChI is InChI=1S/C26H22O4/c27-25(21-13-5-1-6-14-21,22-15-7-2-8-16-22)29-30-26(28,23-17-9-3-10-18-23)24-19-11-4-12-20-24/h1-20,27-28H. The van der Waals surface area contributed by atoms with Gasteiger partial charge in [-0.25, -0.2) is 0 Å². The molecule has 0 radical (unpaired) electrons. The van der Waals surface area contributed by atoms with E-state index >= 15 is 0 Å². The number of aliphatic hydroxyl groups is 2. The molecule has 0 unspecified atom stereocenters. The molecule has 0 heterocycles. The van der Waals surface area contributed by atoms with Crippen LogP contribution in [0.1, 0.15) is 22.3 Å². The number of hydrogen-bond acceptors (Lipinski definition) is 4. The second-order valence-electron chi connectivity index (χ2n) is 6.92. The van der Waals surface area contributed by atoms with Crippen molar-refractivity contribution in [3.05, 3.63) is 144 Å². The third kappa shape index (κ3) is 3.90. The van der Waals surface area contributed by atoms with Crippen LogP contribution in [-0.2, 0) is 21.3 Å². The summed E-state index contributed by atoms with van der Waals surface area (Å²) >= 11 is 0. The van der Waals surface area contributed by atoms with Crippen molar-refractivity contribution in [1.29, 1.82) is 0 Å². The molecule has 0 bridgehead atoms. The fraction of sp³-hybridized carbons (Fsp3) is 0.0769. The van der Waals surface area contributed by atoms with Crippen molar-refractivity contribution in [1.82, 2.24) is 0 Å². The first-order valence-corrected chi connectivity index (χ1v) is 9.66. The van der Waals surface area contributed by atoms with E-state index in [0.717, 1.165) is 0 Å². The maximum absolute atomic E-state index is 11.6. The van der Waals surface area contributed by atoms with E-state index in [-0.39, 0.29) is 0 Å². The summed E-state index contributed by atoms with van der Waals surface area (Å²) in [5, 5.41) is 23.1. The number of hydrogen-bond donors (Lipinski definition) is 2. The monoisotopic (exact) mass is 398 g/mol. The molecule has 30 heavy (non-hydrogen) atoms. The number of rotatable bonds is 7. The zero-order chi connectivity index (χ0) is 20.9.